The maximum atomic E-state index is 12.6. The summed E-state index contributed by atoms with van der Waals surface area (Å²) in [6.07, 6.45) is 2.92. The fraction of sp³-hybridized carbons (Fsp3) is 0.250. The maximum absolute atomic E-state index is 12.6. The van der Waals surface area contributed by atoms with Gasteiger partial charge < -0.3 is 14.2 Å². The highest BCUT2D eigenvalue weighted by molar-refractivity contribution is 5.83. The molecule has 1 atom stereocenters. The second-order valence-corrected chi connectivity index (χ2v) is 5.23. The average Bonchev–Trinajstić information content (AvgIpc) is 2.90. The van der Waals surface area contributed by atoms with E-state index in [9.17, 15) is 9.90 Å². The van der Waals surface area contributed by atoms with Crippen LogP contribution >= 0.6 is 0 Å². The summed E-state index contributed by atoms with van der Waals surface area (Å²) in [6, 6.07) is 9.61. The minimum atomic E-state index is -0.498. The summed E-state index contributed by atoms with van der Waals surface area (Å²) in [5.41, 5.74) is 1.34. The Morgan fingerprint density at radius 3 is 2.86 bits per heavy atom. The van der Waals surface area contributed by atoms with Crippen LogP contribution in [0, 0.1) is 0 Å². The third-order valence-electron chi connectivity index (χ3n) is 3.55. The van der Waals surface area contributed by atoms with E-state index in [-0.39, 0.29) is 5.56 Å². The molecule has 0 amide bonds. The van der Waals surface area contributed by atoms with Crippen molar-refractivity contribution < 1.29 is 5.11 Å². The molecule has 2 heterocycles. The van der Waals surface area contributed by atoms with Crippen LogP contribution in [-0.2, 0) is 13.6 Å². The summed E-state index contributed by atoms with van der Waals surface area (Å²) in [6.45, 7) is 2.12. The SMILES string of the molecule is CC(O)Cn1ccnc1-c1cc2ccccc2n(C)c1=O. The molecule has 0 radical (unpaired) electrons. The van der Waals surface area contributed by atoms with Crippen molar-refractivity contribution in [2.75, 3.05) is 0 Å². The van der Waals surface area contributed by atoms with Crippen molar-refractivity contribution in [3.63, 3.8) is 0 Å². The lowest BCUT2D eigenvalue weighted by Crippen LogP contribution is -2.21. The monoisotopic (exact) mass is 283 g/mol. The van der Waals surface area contributed by atoms with Gasteiger partial charge in [0.1, 0.15) is 5.82 Å². The lowest BCUT2D eigenvalue weighted by molar-refractivity contribution is 0.174. The first-order valence-corrected chi connectivity index (χ1v) is 6.86. The predicted octanol–water partition coefficient (Wildman–Crippen LogP) is 1.78. The van der Waals surface area contributed by atoms with E-state index in [0.717, 1.165) is 10.9 Å². The molecule has 0 spiro atoms. The molecule has 1 aromatic carbocycles. The summed E-state index contributed by atoms with van der Waals surface area (Å²) in [5, 5.41) is 10.5. The fourth-order valence-corrected chi connectivity index (χ4v) is 2.57. The topological polar surface area (TPSA) is 60.0 Å². The molecule has 1 N–H and O–H groups in total. The summed E-state index contributed by atoms with van der Waals surface area (Å²) < 4.78 is 3.43. The Morgan fingerprint density at radius 2 is 2.10 bits per heavy atom. The number of hydrogen-bond acceptors (Lipinski definition) is 3. The lowest BCUT2D eigenvalue weighted by atomic mass is 10.1. The van der Waals surface area contributed by atoms with E-state index < -0.39 is 6.10 Å². The van der Waals surface area contributed by atoms with Gasteiger partial charge in [0.2, 0.25) is 0 Å². The highest BCUT2D eigenvalue weighted by Gasteiger charge is 2.14. The van der Waals surface area contributed by atoms with Crippen molar-refractivity contribution in [3.05, 3.63) is 53.1 Å². The molecule has 0 aliphatic heterocycles. The predicted molar refractivity (Wildman–Crippen MR) is 82.1 cm³/mol. The molecule has 0 fully saturated rings. The molecule has 3 rings (SSSR count). The number of hydrogen-bond donors (Lipinski definition) is 1. The average molecular weight is 283 g/mol. The van der Waals surface area contributed by atoms with Gasteiger partial charge in [-0.25, -0.2) is 4.98 Å². The Kier molecular flexibility index (Phi) is 3.35. The second kappa shape index (κ2) is 5.18. The number of para-hydroxylation sites is 1. The fourth-order valence-electron chi connectivity index (χ4n) is 2.57. The number of aryl methyl sites for hydroxylation is 1. The summed E-state index contributed by atoms with van der Waals surface area (Å²) >= 11 is 0. The number of rotatable bonds is 3. The molecule has 5 nitrogen and oxygen atoms in total. The zero-order chi connectivity index (χ0) is 15.0. The first kappa shape index (κ1) is 13.6. The molecular formula is C16H17N3O2. The van der Waals surface area contributed by atoms with Gasteiger partial charge in [0.15, 0.2) is 0 Å². The molecular weight excluding hydrogens is 266 g/mol. The van der Waals surface area contributed by atoms with Gasteiger partial charge in [-0.05, 0) is 24.4 Å². The van der Waals surface area contributed by atoms with Crippen LogP contribution in [0.1, 0.15) is 6.92 Å². The van der Waals surface area contributed by atoms with Gasteiger partial charge in [-0.15, -0.1) is 0 Å². The van der Waals surface area contributed by atoms with Gasteiger partial charge in [0.05, 0.1) is 17.2 Å². The molecule has 0 saturated heterocycles. The van der Waals surface area contributed by atoms with Crippen LogP contribution in [0.2, 0.25) is 0 Å². The number of aliphatic hydroxyl groups is 1. The highest BCUT2D eigenvalue weighted by atomic mass is 16.3. The lowest BCUT2D eigenvalue weighted by Gasteiger charge is -2.12. The smallest absolute Gasteiger partial charge is 0.261 e. The standard InChI is InChI=1S/C16H17N3O2/c1-11(20)10-19-8-7-17-15(19)13-9-12-5-3-4-6-14(12)18(2)16(13)21/h3-9,11,20H,10H2,1-2H3. The van der Waals surface area contributed by atoms with E-state index in [1.165, 1.54) is 0 Å². The molecule has 5 heteroatoms. The minimum absolute atomic E-state index is 0.0910. The Bertz CT molecular complexity index is 846. The Hall–Kier alpha value is -2.40. The van der Waals surface area contributed by atoms with Crippen molar-refractivity contribution >= 4 is 10.9 Å². The normalized spacial score (nSPS) is 12.7. The van der Waals surface area contributed by atoms with Gasteiger partial charge in [-0.1, -0.05) is 18.2 Å². The van der Waals surface area contributed by atoms with Crippen LogP contribution in [0.5, 0.6) is 0 Å². The molecule has 108 valence electrons. The minimum Gasteiger partial charge on any atom is -0.392 e. The number of benzene rings is 1. The van der Waals surface area contributed by atoms with E-state index in [4.69, 9.17) is 0 Å². The Balaban J connectivity index is 2.24. The van der Waals surface area contributed by atoms with Crippen LogP contribution in [0.25, 0.3) is 22.3 Å². The number of imidazole rings is 1. The van der Waals surface area contributed by atoms with E-state index in [1.807, 2.05) is 30.3 Å². The van der Waals surface area contributed by atoms with Crippen LogP contribution in [-0.4, -0.2) is 25.3 Å². The largest absolute Gasteiger partial charge is 0.392 e. The number of nitrogens with zero attached hydrogens (tertiary/aromatic N) is 3. The molecule has 0 aliphatic rings. The zero-order valence-electron chi connectivity index (χ0n) is 12.0. The molecule has 3 aromatic rings. The van der Waals surface area contributed by atoms with Gasteiger partial charge in [-0.3, -0.25) is 4.79 Å². The molecule has 21 heavy (non-hydrogen) atoms. The third kappa shape index (κ3) is 2.36. The Morgan fingerprint density at radius 1 is 1.33 bits per heavy atom. The quantitative estimate of drug-likeness (QED) is 0.797. The number of fused-ring (bicyclic) bond motifs is 1. The number of aromatic nitrogens is 3. The van der Waals surface area contributed by atoms with Crippen molar-refractivity contribution in [1.82, 2.24) is 14.1 Å². The third-order valence-corrected chi connectivity index (χ3v) is 3.55. The van der Waals surface area contributed by atoms with E-state index in [1.54, 1.807) is 35.5 Å². The maximum Gasteiger partial charge on any atom is 0.261 e. The van der Waals surface area contributed by atoms with E-state index in [2.05, 4.69) is 4.98 Å². The van der Waals surface area contributed by atoms with Gasteiger partial charge in [0.25, 0.3) is 5.56 Å². The second-order valence-electron chi connectivity index (χ2n) is 5.23. The molecule has 0 bridgehead atoms. The van der Waals surface area contributed by atoms with Gasteiger partial charge in [-0.2, -0.15) is 0 Å². The molecule has 2 aromatic heterocycles. The van der Waals surface area contributed by atoms with Crippen molar-refractivity contribution in [2.45, 2.75) is 19.6 Å². The van der Waals surface area contributed by atoms with Crippen LogP contribution in [0.3, 0.4) is 0 Å². The first-order chi connectivity index (χ1) is 10.1. The van der Waals surface area contributed by atoms with Crippen LogP contribution in [0.4, 0.5) is 0 Å². The van der Waals surface area contributed by atoms with Crippen LogP contribution in [0.15, 0.2) is 47.5 Å². The number of pyridine rings is 1. The summed E-state index contributed by atoms with van der Waals surface area (Å²) in [4.78, 5) is 16.9. The summed E-state index contributed by atoms with van der Waals surface area (Å²) in [5.74, 6) is 0.585. The van der Waals surface area contributed by atoms with Crippen molar-refractivity contribution in [1.29, 1.82) is 0 Å². The molecule has 0 aliphatic carbocycles. The Labute approximate surface area is 122 Å². The molecule has 0 saturated carbocycles. The molecule has 1 unspecified atom stereocenters. The number of aliphatic hydroxyl groups excluding tert-OH is 1. The van der Waals surface area contributed by atoms with Crippen LogP contribution < -0.4 is 5.56 Å². The van der Waals surface area contributed by atoms with E-state index in [0.29, 0.717) is 17.9 Å². The van der Waals surface area contributed by atoms with Crippen molar-refractivity contribution in [3.8, 4) is 11.4 Å². The summed E-state index contributed by atoms with van der Waals surface area (Å²) in [7, 11) is 1.76. The first-order valence-electron chi connectivity index (χ1n) is 6.86. The van der Waals surface area contributed by atoms with Crippen molar-refractivity contribution in [2.24, 2.45) is 7.05 Å². The highest BCUT2D eigenvalue weighted by Crippen LogP contribution is 2.19. The van der Waals surface area contributed by atoms with Gasteiger partial charge >= 0.3 is 0 Å². The van der Waals surface area contributed by atoms with E-state index >= 15 is 0 Å². The van der Waals surface area contributed by atoms with Gasteiger partial charge in [0, 0.05) is 26.0 Å². The zero-order valence-corrected chi connectivity index (χ0v) is 12.0.